The fourth-order valence-corrected chi connectivity index (χ4v) is 3.25. The Morgan fingerprint density at radius 1 is 0.957 bits per heavy atom. The first-order chi connectivity index (χ1) is 11.4. The molecule has 0 aliphatic heterocycles. The summed E-state index contributed by atoms with van der Waals surface area (Å²) >= 11 is 1.68. The van der Waals surface area contributed by atoms with E-state index in [-0.39, 0.29) is 0 Å². The highest BCUT2D eigenvalue weighted by Gasteiger charge is 2.07. The van der Waals surface area contributed by atoms with Crippen LogP contribution < -0.4 is 0 Å². The summed E-state index contributed by atoms with van der Waals surface area (Å²) in [6.07, 6.45) is 11.2. The molecule has 3 rings (SSSR count). The van der Waals surface area contributed by atoms with Gasteiger partial charge in [-0.1, -0.05) is 54.9 Å². The third-order valence-corrected chi connectivity index (χ3v) is 4.65. The highest BCUT2D eigenvalue weighted by Crippen LogP contribution is 2.26. The topological polar surface area (TPSA) is 39.2 Å². The van der Waals surface area contributed by atoms with Crippen LogP contribution >= 0.6 is 11.8 Å². The van der Waals surface area contributed by atoms with Crippen molar-refractivity contribution in [2.75, 3.05) is 5.75 Å². The van der Waals surface area contributed by atoms with Crippen LogP contribution in [0.15, 0.2) is 69.2 Å². The summed E-state index contributed by atoms with van der Waals surface area (Å²) < 4.78 is 10.8. The summed E-state index contributed by atoms with van der Waals surface area (Å²) in [5.74, 6) is 1.82. The first-order valence-corrected chi connectivity index (χ1v) is 9.05. The van der Waals surface area contributed by atoms with E-state index in [1.807, 2.05) is 6.07 Å². The van der Waals surface area contributed by atoms with E-state index in [1.54, 1.807) is 30.5 Å². The van der Waals surface area contributed by atoms with Crippen LogP contribution in [0.25, 0.3) is 11.3 Å². The maximum atomic E-state index is 5.71. The van der Waals surface area contributed by atoms with Crippen molar-refractivity contribution in [3.8, 4) is 11.3 Å². The highest BCUT2D eigenvalue weighted by molar-refractivity contribution is 7.99. The van der Waals surface area contributed by atoms with Gasteiger partial charge in [-0.2, -0.15) is 0 Å². The van der Waals surface area contributed by atoms with E-state index in [9.17, 15) is 0 Å². The fraction of sp³-hybridized carbons (Fsp3) is 0.316. The van der Waals surface area contributed by atoms with Crippen molar-refractivity contribution in [2.45, 2.75) is 37.3 Å². The number of hydrogen-bond donors (Lipinski definition) is 0. The third kappa shape index (κ3) is 5.03. The minimum atomic E-state index is 0.741. The Kier molecular flexibility index (Phi) is 5.98. The van der Waals surface area contributed by atoms with Crippen LogP contribution in [0.5, 0.6) is 0 Å². The van der Waals surface area contributed by atoms with Crippen molar-refractivity contribution in [3.05, 3.63) is 60.7 Å². The summed E-state index contributed by atoms with van der Waals surface area (Å²) in [4.78, 5) is 4.30. The van der Waals surface area contributed by atoms with E-state index in [2.05, 4.69) is 35.3 Å². The molecule has 0 atom stereocenters. The van der Waals surface area contributed by atoms with Crippen molar-refractivity contribution >= 4 is 11.8 Å². The Bertz CT molecular complexity index is 676. The van der Waals surface area contributed by atoms with Crippen LogP contribution in [0.2, 0.25) is 0 Å². The van der Waals surface area contributed by atoms with Gasteiger partial charge in [-0.15, -0.1) is 0 Å². The number of rotatable bonds is 9. The number of nitrogens with zero attached hydrogens (tertiary/aromatic N) is 1. The summed E-state index contributed by atoms with van der Waals surface area (Å²) in [6.45, 7) is 0. The van der Waals surface area contributed by atoms with Gasteiger partial charge in [0.1, 0.15) is 6.26 Å². The maximum absolute atomic E-state index is 5.71. The number of thioether (sulfide) groups is 1. The van der Waals surface area contributed by atoms with E-state index in [4.69, 9.17) is 8.83 Å². The number of furan rings is 1. The van der Waals surface area contributed by atoms with Crippen LogP contribution in [0.3, 0.4) is 0 Å². The van der Waals surface area contributed by atoms with E-state index >= 15 is 0 Å². The first-order valence-electron chi connectivity index (χ1n) is 8.07. The van der Waals surface area contributed by atoms with Gasteiger partial charge < -0.3 is 8.83 Å². The van der Waals surface area contributed by atoms with Gasteiger partial charge in [0.05, 0.1) is 18.0 Å². The molecule has 2 aromatic heterocycles. The third-order valence-electron chi connectivity index (χ3n) is 3.72. The molecule has 23 heavy (non-hydrogen) atoms. The largest absolute Gasteiger partial charge is 0.472 e. The average molecular weight is 327 g/mol. The van der Waals surface area contributed by atoms with Gasteiger partial charge >= 0.3 is 0 Å². The lowest BCUT2D eigenvalue weighted by Crippen LogP contribution is -1.86. The molecule has 0 unspecified atom stereocenters. The molecule has 0 N–H and O–H groups in total. The summed E-state index contributed by atoms with van der Waals surface area (Å²) in [5, 5.41) is 0.741. The van der Waals surface area contributed by atoms with Gasteiger partial charge in [0.25, 0.3) is 5.22 Å². The van der Waals surface area contributed by atoms with Crippen molar-refractivity contribution in [1.82, 2.24) is 4.98 Å². The van der Waals surface area contributed by atoms with Crippen LogP contribution in [0.4, 0.5) is 0 Å². The number of benzene rings is 1. The zero-order valence-electron chi connectivity index (χ0n) is 13.1. The molecule has 3 nitrogen and oxygen atoms in total. The molecule has 0 bridgehead atoms. The normalized spacial score (nSPS) is 11.0. The van der Waals surface area contributed by atoms with E-state index < -0.39 is 0 Å². The summed E-state index contributed by atoms with van der Waals surface area (Å²) in [6, 6.07) is 12.6. The monoisotopic (exact) mass is 327 g/mol. The van der Waals surface area contributed by atoms with Crippen LogP contribution in [0, 0.1) is 0 Å². The fourth-order valence-electron chi connectivity index (χ4n) is 2.45. The lowest BCUT2D eigenvalue weighted by Gasteiger charge is -2.01. The predicted octanol–water partition coefficient (Wildman–Crippen LogP) is 5.83. The molecule has 1 aromatic carbocycles. The molecule has 0 fully saturated rings. The first kappa shape index (κ1) is 15.9. The Morgan fingerprint density at radius 3 is 2.65 bits per heavy atom. The SMILES string of the molecule is c1ccc(CCCCCCSc2ncc(-c3ccoc3)o2)cc1. The van der Waals surface area contributed by atoms with Gasteiger partial charge in [-0.05, 0) is 30.9 Å². The molecule has 0 amide bonds. The summed E-state index contributed by atoms with van der Waals surface area (Å²) in [5.41, 5.74) is 2.37. The standard InChI is InChI=1S/C19H21NO2S/c1(4-8-16-9-5-3-6-10-16)2-7-13-23-19-20-14-18(22-19)17-11-12-21-15-17/h3,5-6,9-12,14-15H,1-2,4,7-8,13H2. The average Bonchev–Trinajstić information content (AvgIpc) is 3.26. The van der Waals surface area contributed by atoms with Gasteiger partial charge in [-0.25, -0.2) is 4.98 Å². The van der Waals surface area contributed by atoms with Crippen molar-refractivity contribution in [3.63, 3.8) is 0 Å². The predicted molar refractivity (Wildman–Crippen MR) is 93.5 cm³/mol. The molecule has 0 aliphatic rings. The lowest BCUT2D eigenvalue weighted by molar-refractivity contribution is 0.465. The van der Waals surface area contributed by atoms with Crippen LogP contribution in [-0.4, -0.2) is 10.7 Å². The molecule has 2 heterocycles. The molecule has 0 aliphatic carbocycles. The quantitative estimate of drug-likeness (QED) is 0.366. The van der Waals surface area contributed by atoms with Crippen molar-refractivity contribution in [1.29, 1.82) is 0 Å². The van der Waals surface area contributed by atoms with Gasteiger partial charge in [-0.3, -0.25) is 0 Å². The molecule has 0 radical (unpaired) electrons. The van der Waals surface area contributed by atoms with Crippen molar-refractivity contribution < 1.29 is 8.83 Å². The van der Waals surface area contributed by atoms with Crippen molar-refractivity contribution in [2.24, 2.45) is 0 Å². The molecular formula is C19H21NO2S. The van der Waals surface area contributed by atoms with Gasteiger partial charge in [0.15, 0.2) is 5.76 Å². The zero-order valence-corrected chi connectivity index (χ0v) is 13.9. The van der Waals surface area contributed by atoms with Crippen LogP contribution in [-0.2, 0) is 6.42 Å². The molecular weight excluding hydrogens is 306 g/mol. The minimum Gasteiger partial charge on any atom is -0.472 e. The van der Waals surface area contributed by atoms with Crippen LogP contribution in [0.1, 0.15) is 31.2 Å². The second kappa shape index (κ2) is 8.63. The zero-order chi connectivity index (χ0) is 15.7. The number of aromatic nitrogens is 1. The Hall–Kier alpha value is -1.94. The molecule has 0 saturated carbocycles. The number of aryl methyl sites for hydroxylation is 1. The van der Waals surface area contributed by atoms with E-state index in [1.165, 1.54) is 37.7 Å². The number of hydrogen-bond acceptors (Lipinski definition) is 4. The summed E-state index contributed by atoms with van der Waals surface area (Å²) in [7, 11) is 0. The molecule has 0 saturated heterocycles. The van der Waals surface area contributed by atoms with Gasteiger partial charge in [0, 0.05) is 5.75 Å². The second-order valence-electron chi connectivity index (χ2n) is 5.50. The highest BCUT2D eigenvalue weighted by atomic mass is 32.2. The minimum absolute atomic E-state index is 0.741. The Balaban J connectivity index is 1.28. The molecule has 0 spiro atoms. The number of unbranched alkanes of at least 4 members (excludes halogenated alkanes) is 3. The Morgan fingerprint density at radius 2 is 1.83 bits per heavy atom. The van der Waals surface area contributed by atoms with Gasteiger partial charge in [0.2, 0.25) is 0 Å². The molecule has 4 heteroatoms. The number of oxazole rings is 1. The second-order valence-corrected chi connectivity index (χ2v) is 6.55. The lowest BCUT2D eigenvalue weighted by atomic mass is 10.1. The Labute approximate surface area is 141 Å². The van der Waals surface area contributed by atoms with E-state index in [0.717, 1.165) is 22.3 Å². The van der Waals surface area contributed by atoms with E-state index in [0.29, 0.717) is 0 Å². The smallest absolute Gasteiger partial charge is 0.256 e. The molecule has 120 valence electrons. The maximum Gasteiger partial charge on any atom is 0.256 e. The molecule has 3 aromatic rings.